The third kappa shape index (κ3) is 5.06. The molecule has 0 aliphatic carbocycles. The molecule has 3 aliphatic rings. The molecule has 2 aromatic rings. The summed E-state index contributed by atoms with van der Waals surface area (Å²) in [7, 11) is 0. The van der Waals surface area contributed by atoms with E-state index in [4.69, 9.17) is 9.47 Å². The minimum atomic E-state index is -1.27. The molecule has 3 N–H and O–H groups in total. The Balaban J connectivity index is 1.36. The fraction of sp³-hybridized carbons (Fsp3) is 0.500. The number of benzene rings is 1. The van der Waals surface area contributed by atoms with Crippen molar-refractivity contribution in [2.24, 2.45) is 0 Å². The third-order valence-electron chi connectivity index (χ3n) is 7.14. The second kappa shape index (κ2) is 11.0. The summed E-state index contributed by atoms with van der Waals surface area (Å²) in [5, 5.41) is 21.0. The first kappa shape index (κ1) is 26.0. The summed E-state index contributed by atoms with van der Waals surface area (Å²) in [6, 6.07) is 6.71. The van der Waals surface area contributed by atoms with Crippen molar-refractivity contribution < 1.29 is 33.8 Å². The predicted molar refractivity (Wildman–Crippen MR) is 133 cm³/mol. The summed E-state index contributed by atoms with van der Waals surface area (Å²) < 4.78 is 10.6. The van der Waals surface area contributed by atoms with E-state index < -0.39 is 48.4 Å². The molecule has 5 rings (SSSR count). The van der Waals surface area contributed by atoms with Gasteiger partial charge < -0.3 is 19.9 Å². The molecule has 12 heteroatoms. The lowest BCUT2D eigenvalue weighted by atomic mass is 10.0. The van der Waals surface area contributed by atoms with Crippen molar-refractivity contribution in [1.82, 2.24) is 25.6 Å². The average molecular weight is 526 g/mol. The van der Waals surface area contributed by atoms with Crippen molar-refractivity contribution in [3.8, 4) is 0 Å². The molecule has 0 bridgehead atoms. The fourth-order valence-electron chi connectivity index (χ4n) is 5.34. The minimum Gasteiger partial charge on any atom is -0.434 e. The molecule has 3 amide bonds. The van der Waals surface area contributed by atoms with Crippen LogP contribution in [0.25, 0.3) is 10.8 Å². The fourth-order valence-corrected chi connectivity index (χ4v) is 5.34. The van der Waals surface area contributed by atoms with Gasteiger partial charge in [-0.1, -0.05) is 24.3 Å². The van der Waals surface area contributed by atoms with E-state index in [-0.39, 0.29) is 30.9 Å². The van der Waals surface area contributed by atoms with Crippen LogP contribution in [-0.2, 0) is 23.9 Å². The highest BCUT2D eigenvalue weighted by molar-refractivity contribution is 6.06. The lowest BCUT2D eigenvalue weighted by molar-refractivity contribution is -0.183. The third-order valence-corrected chi connectivity index (χ3v) is 7.14. The zero-order valence-electron chi connectivity index (χ0n) is 21.0. The smallest absolute Gasteiger partial charge is 0.309 e. The Morgan fingerprint density at radius 1 is 1.24 bits per heavy atom. The van der Waals surface area contributed by atoms with Gasteiger partial charge in [-0.2, -0.15) is 0 Å². The molecule has 0 radical (unpaired) electrons. The maximum atomic E-state index is 13.8. The van der Waals surface area contributed by atoms with Gasteiger partial charge >= 0.3 is 5.97 Å². The number of hydrazine groups is 1. The van der Waals surface area contributed by atoms with Crippen LogP contribution in [0.2, 0.25) is 0 Å². The summed E-state index contributed by atoms with van der Waals surface area (Å²) in [5.41, 5.74) is 0.188. The Morgan fingerprint density at radius 2 is 2.05 bits per heavy atom. The Hall–Kier alpha value is -3.61. The van der Waals surface area contributed by atoms with Gasteiger partial charge in [0.25, 0.3) is 11.8 Å². The maximum absolute atomic E-state index is 13.8. The number of aromatic nitrogens is 1. The maximum Gasteiger partial charge on any atom is 0.309 e. The Kier molecular flexibility index (Phi) is 7.54. The van der Waals surface area contributed by atoms with Gasteiger partial charge in [0.05, 0.1) is 18.5 Å². The molecule has 202 valence electrons. The molecule has 1 aromatic carbocycles. The summed E-state index contributed by atoms with van der Waals surface area (Å²) in [4.78, 5) is 56.1. The lowest BCUT2D eigenvalue weighted by Gasteiger charge is -2.45. The quantitative estimate of drug-likeness (QED) is 0.346. The van der Waals surface area contributed by atoms with E-state index in [0.29, 0.717) is 31.4 Å². The van der Waals surface area contributed by atoms with Gasteiger partial charge in [-0.3, -0.25) is 34.5 Å². The number of hydrogen-bond donors (Lipinski definition) is 3. The molecule has 0 saturated carbocycles. The van der Waals surface area contributed by atoms with E-state index in [0.717, 1.165) is 5.39 Å². The first-order valence-corrected chi connectivity index (χ1v) is 12.9. The summed E-state index contributed by atoms with van der Waals surface area (Å²) in [6.45, 7) is 2.41. The molecule has 0 spiro atoms. The molecular weight excluding hydrogens is 494 g/mol. The van der Waals surface area contributed by atoms with Gasteiger partial charge in [0.2, 0.25) is 12.2 Å². The number of rotatable bonds is 7. The number of ether oxygens (including phenoxy) is 2. The SMILES string of the molecule is CCO[C@@H]1OC(=O)C[C@@H]1NC(O)[C@@H]1CCCN2C(=O)CC[C@H](NC(=O)c3nccc4ccccc34)C(=O)N12. The van der Waals surface area contributed by atoms with E-state index in [1.54, 1.807) is 25.1 Å². The standard InChI is InChI=1S/C26H31N5O7/c1-2-37-26-18(14-21(33)38-26)29-23(34)19-8-5-13-30-20(32)10-9-17(25(36)31(19)30)28-24(35)22-16-7-4-3-6-15(16)11-12-27-22/h3-4,6-7,11-12,17-19,23,26,29,34H,2,5,8-10,13-14H2,1H3,(H,28,35)/t17-,18-,19-,23?,26+/m0/s1. The number of aliphatic hydroxyl groups is 1. The van der Waals surface area contributed by atoms with Crippen LogP contribution in [0.1, 0.15) is 49.5 Å². The zero-order chi connectivity index (χ0) is 26.8. The van der Waals surface area contributed by atoms with Crippen molar-refractivity contribution in [2.45, 2.75) is 69.7 Å². The zero-order valence-corrected chi connectivity index (χ0v) is 21.0. The molecule has 12 nitrogen and oxygen atoms in total. The molecule has 1 aromatic heterocycles. The van der Waals surface area contributed by atoms with Crippen LogP contribution in [-0.4, -0.2) is 87.6 Å². The second-order valence-corrected chi connectivity index (χ2v) is 9.59. The van der Waals surface area contributed by atoms with E-state index in [9.17, 15) is 24.3 Å². The van der Waals surface area contributed by atoms with Crippen molar-refractivity contribution in [3.05, 3.63) is 42.2 Å². The molecule has 3 aliphatic heterocycles. The van der Waals surface area contributed by atoms with Crippen LogP contribution in [0.5, 0.6) is 0 Å². The van der Waals surface area contributed by atoms with Gasteiger partial charge in [-0.15, -0.1) is 0 Å². The topological polar surface area (TPSA) is 150 Å². The number of nitrogens with zero attached hydrogens (tertiary/aromatic N) is 3. The molecular formula is C26H31N5O7. The number of amides is 3. The van der Waals surface area contributed by atoms with Gasteiger partial charge in [0, 0.05) is 31.2 Å². The molecule has 1 unspecified atom stereocenters. The normalized spacial score (nSPS) is 26.6. The number of fused-ring (bicyclic) bond motifs is 2. The van der Waals surface area contributed by atoms with E-state index in [2.05, 4.69) is 15.6 Å². The van der Waals surface area contributed by atoms with Crippen molar-refractivity contribution in [2.75, 3.05) is 13.2 Å². The van der Waals surface area contributed by atoms with Crippen LogP contribution in [0.4, 0.5) is 0 Å². The first-order valence-electron chi connectivity index (χ1n) is 12.9. The van der Waals surface area contributed by atoms with Crippen LogP contribution < -0.4 is 10.6 Å². The van der Waals surface area contributed by atoms with Crippen LogP contribution in [0.15, 0.2) is 36.5 Å². The number of pyridine rings is 1. The number of esters is 1. The van der Waals surface area contributed by atoms with Crippen LogP contribution in [0, 0.1) is 0 Å². The highest BCUT2D eigenvalue weighted by Crippen LogP contribution is 2.28. The Bertz CT molecular complexity index is 1230. The number of aliphatic hydroxyl groups excluding tert-OH is 1. The van der Waals surface area contributed by atoms with Gasteiger partial charge in [-0.25, -0.2) is 5.01 Å². The first-order chi connectivity index (χ1) is 18.4. The van der Waals surface area contributed by atoms with E-state index in [1.807, 2.05) is 12.1 Å². The van der Waals surface area contributed by atoms with E-state index >= 15 is 0 Å². The molecule has 3 saturated heterocycles. The Labute approximate surface area is 219 Å². The van der Waals surface area contributed by atoms with Gasteiger partial charge in [-0.05, 0) is 37.6 Å². The highest BCUT2D eigenvalue weighted by Gasteiger charge is 2.46. The average Bonchev–Trinajstić information content (AvgIpc) is 3.21. The lowest BCUT2D eigenvalue weighted by Crippen LogP contribution is -2.65. The summed E-state index contributed by atoms with van der Waals surface area (Å²) in [5.74, 6) is -1.73. The van der Waals surface area contributed by atoms with Crippen LogP contribution in [0.3, 0.4) is 0 Å². The number of hydrogen-bond acceptors (Lipinski definition) is 9. The second-order valence-electron chi connectivity index (χ2n) is 9.59. The molecule has 3 fully saturated rings. The predicted octanol–water partition coefficient (Wildman–Crippen LogP) is 0.448. The van der Waals surface area contributed by atoms with Crippen molar-refractivity contribution >= 4 is 34.5 Å². The minimum absolute atomic E-state index is 0.00174. The summed E-state index contributed by atoms with van der Waals surface area (Å²) in [6.07, 6.45) is 0.573. The highest BCUT2D eigenvalue weighted by atomic mass is 16.7. The monoisotopic (exact) mass is 525 g/mol. The number of nitrogens with one attached hydrogen (secondary N) is 2. The van der Waals surface area contributed by atoms with Crippen LogP contribution >= 0.6 is 0 Å². The van der Waals surface area contributed by atoms with Gasteiger partial charge in [0.1, 0.15) is 18.0 Å². The molecule has 4 heterocycles. The largest absolute Gasteiger partial charge is 0.434 e. The summed E-state index contributed by atoms with van der Waals surface area (Å²) >= 11 is 0. The number of carbonyl (C=O) groups is 4. The number of carbonyl (C=O) groups excluding carboxylic acids is 4. The van der Waals surface area contributed by atoms with Gasteiger partial charge in [0.15, 0.2) is 0 Å². The molecule has 38 heavy (non-hydrogen) atoms. The Morgan fingerprint density at radius 3 is 2.87 bits per heavy atom. The van der Waals surface area contributed by atoms with Crippen molar-refractivity contribution in [1.29, 1.82) is 0 Å². The van der Waals surface area contributed by atoms with E-state index in [1.165, 1.54) is 16.2 Å². The molecule has 5 atom stereocenters. The van der Waals surface area contributed by atoms with Crippen molar-refractivity contribution in [3.63, 3.8) is 0 Å². The number of cyclic esters (lactones) is 1.